The first-order chi connectivity index (χ1) is 7.31. The highest BCUT2D eigenvalue weighted by Gasteiger charge is 2.15. The minimum atomic E-state index is 0.363. The number of hydrogen-bond donors (Lipinski definition) is 0. The molecule has 0 saturated heterocycles. The standard InChI is InChI=1S/C13H18O2/c1-3-4-5-10(2)11-6-7-12-13(8-11)15-9-14-12/h6-8,10H,3-5,9H2,1-2H3. The van der Waals surface area contributed by atoms with E-state index in [1.165, 1.54) is 24.8 Å². The average molecular weight is 206 g/mol. The van der Waals surface area contributed by atoms with Crippen LogP contribution in [0.1, 0.15) is 44.6 Å². The summed E-state index contributed by atoms with van der Waals surface area (Å²) in [7, 11) is 0. The number of ether oxygens (including phenoxy) is 2. The van der Waals surface area contributed by atoms with Gasteiger partial charge in [0.25, 0.3) is 0 Å². The molecule has 1 unspecified atom stereocenters. The fourth-order valence-corrected chi connectivity index (χ4v) is 1.90. The van der Waals surface area contributed by atoms with Gasteiger partial charge in [0.1, 0.15) is 0 Å². The average Bonchev–Trinajstić information content (AvgIpc) is 2.72. The van der Waals surface area contributed by atoms with Crippen LogP contribution < -0.4 is 9.47 Å². The van der Waals surface area contributed by atoms with E-state index in [4.69, 9.17) is 9.47 Å². The third kappa shape index (κ3) is 2.25. The van der Waals surface area contributed by atoms with Crippen molar-refractivity contribution in [1.82, 2.24) is 0 Å². The van der Waals surface area contributed by atoms with Crippen LogP contribution in [0.4, 0.5) is 0 Å². The number of unbranched alkanes of at least 4 members (excludes halogenated alkanes) is 1. The molecule has 0 radical (unpaired) electrons. The highest BCUT2D eigenvalue weighted by molar-refractivity contribution is 5.45. The van der Waals surface area contributed by atoms with Gasteiger partial charge < -0.3 is 9.47 Å². The van der Waals surface area contributed by atoms with Gasteiger partial charge >= 0.3 is 0 Å². The topological polar surface area (TPSA) is 18.5 Å². The number of benzene rings is 1. The third-order valence-corrected chi connectivity index (χ3v) is 2.96. The van der Waals surface area contributed by atoms with Gasteiger partial charge in [-0.05, 0) is 30.0 Å². The summed E-state index contributed by atoms with van der Waals surface area (Å²) in [5.74, 6) is 2.39. The molecule has 0 aromatic heterocycles. The lowest BCUT2D eigenvalue weighted by atomic mass is 9.95. The van der Waals surface area contributed by atoms with Gasteiger partial charge in [-0.3, -0.25) is 0 Å². The van der Waals surface area contributed by atoms with Crippen molar-refractivity contribution >= 4 is 0 Å². The molecule has 1 heterocycles. The molecule has 1 aliphatic heterocycles. The maximum absolute atomic E-state index is 5.37. The summed E-state index contributed by atoms with van der Waals surface area (Å²) in [5, 5.41) is 0. The van der Waals surface area contributed by atoms with Crippen LogP contribution in [0.3, 0.4) is 0 Å². The SMILES string of the molecule is CCCCC(C)c1ccc2c(c1)OCO2. The summed E-state index contributed by atoms with van der Waals surface area (Å²) in [5.41, 5.74) is 1.35. The van der Waals surface area contributed by atoms with Crippen molar-refractivity contribution in [1.29, 1.82) is 0 Å². The second kappa shape index (κ2) is 4.56. The zero-order valence-electron chi connectivity index (χ0n) is 9.45. The van der Waals surface area contributed by atoms with Gasteiger partial charge in [-0.25, -0.2) is 0 Å². The number of rotatable bonds is 4. The molecule has 0 bridgehead atoms. The predicted molar refractivity (Wildman–Crippen MR) is 60.5 cm³/mol. The van der Waals surface area contributed by atoms with E-state index >= 15 is 0 Å². The molecule has 1 aliphatic rings. The third-order valence-electron chi connectivity index (χ3n) is 2.96. The number of fused-ring (bicyclic) bond motifs is 1. The van der Waals surface area contributed by atoms with Crippen molar-refractivity contribution in [2.24, 2.45) is 0 Å². The van der Waals surface area contributed by atoms with Crippen molar-refractivity contribution in [2.45, 2.75) is 39.0 Å². The quantitative estimate of drug-likeness (QED) is 0.747. The van der Waals surface area contributed by atoms with Gasteiger partial charge in [-0.2, -0.15) is 0 Å². The van der Waals surface area contributed by atoms with Crippen LogP contribution in [-0.4, -0.2) is 6.79 Å². The van der Waals surface area contributed by atoms with E-state index in [2.05, 4.69) is 26.0 Å². The molecular weight excluding hydrogens is 188 g/mol. The molecule has 0 fully saturated rings. The molecule has 15 heavy (non-hydrogen) atoms. The Morgan fingerprint density at radius 2 is 2.07 bits per heavy atom. The van der Waals surface area contributed by atoms with Crippen molar-refractivity contribution in [3.8, 4) is 11.5 Å². The Bertz CT molecular complexity index is 333. The summed E-state index contributed by atoms with van der Waals surface area (Å²) in [6.07, 6.45) is 3.79. The Hall–Kier alpha value is -1.18. The zero-order valence-corrected chi connectivity index (χ0v) is 9.45. The molecule has 1 aromatic carbocycles. The Kier molecular flexibility index (Phi) is 3.14. The van der Waals surface area contributed by atoms with Gasteiger partial charge in [0.05, 0.1) is 0 Å². The molecule has 0 aliphatic carbocycles. The van der Waals surface area contributed by atoms with Crippen molar-refractivity contribution in [3.05, 3.63) is 23.8 Å². The molecule has 0 N–H and O–H groups in total. The molecule has 1 aromatic rings. The van der Waals surface area contributed by atoms with Crippen LogP contribution in [0.15, 0.2) is 18.2 Å². The maximum Gasteiger partial charge on any atom is 0.231 e. The highest BCUT2D eigenvalue weighted by Crippen LogP contribution is 2.35. The van der Waals surface area contributed by atoms with E-state index in [1.54, 1.807) is 0 Å². The number of hydrogen-bond acceptors (Lipinski definition) is 2. The lowest BCUT2D eigenvalue weighted by molar-refractivity contribution is 0.174. The molecule has 1 atom stereocenters. The zero-order chi connectivity index (χ0) is 10.7. The van der Waals surface area contributed by atoms with Gasteiger partial charge in [0.2, 0.25) is 6.79 Å². The largest absolute Gasteiger partial charge is 0.454 e. The lowest BCUT2D eigenvalue weighted by Gasteiger charge is -2.11. The molecule has 2 nitrogen and oxygen atoms in total. The molecule has 0 spiro atoms. The lowest BCUT2D eigenvalue weighted by Crippen LogP contribution is -1.94. The minimum Gasteiger partial charge on any atom is -0.454 e. The van der Waals surface area contributed by atoms with Crippen LogP contribution in [0, 0.1) is 0 Å². The molecule has 0 amide bonds. The van der Waals surface area contributed by atoms with Crippen LogP contribution in [0.5, 0.6) is 11.5 Å². The Morgan fingerprint density at radius 3 is 2.87 bits per heavy atom. The van der Waals surface area contributed by atoms with E-state index in [0.717, 1.165) is 11.5 Å². The molecule has 82 valence electrons. The van der Waals surface area contributed by atoms with E-state index < -0.39 is 0 Å². The van der Waals surface area contributed by atoms with E-state index in [1.807, 2.05) is 6.07 Å². The Labute approximate surface area is 91.2 Å². The van der Waals surface area contributed by atoms with E-state index in [9.17, 15) is 0 Å². The van der Waals surface area contributed by atoms with Crippen molar-refractivity contribution in [2.75, 3.05) is 6.79 Å². The second-order valence-corrected chi connectivity index (χ2v) is 4.16. The van der Waals surface area contributed by atoms with Gasteiger partial charge in [0.15, 0.2) is 11.5 Å². The second-order valence-electron chi connectivity index (χ2n) is 4.16. The van der Waals surface area contributed by atoms with Gasteiger partial charge in [0, 0.05) is 0 Å². The van der Waals surface area contributed by atoms with Crippen LogP contribution in [0.25, 0.3) is 0 Å². The molecular formula is C13H18O2. The van der Waals surface area contributed by atoms with Crippen LogP contribution in [-0.2, 0) is 0 Å². The summed E-state index contributed by atoms with van der Waals surface area (Å²) >= 11 is 0. The van der Waals surface area contributed by atoms with Crippen LogP contribution >= 0.6 is 0 Å². The fraction of sp³-hybridized carbons (Fsp3) is 0.538. The predicted octanol–water partition coefficient (Wildman–Crippen LogP) is 3.71. The monoisotopic (exact) mass is 206 g/mol. The smallest absolute Gasteiger partial charge is 0.231 e. The summed E-state index contributed by atoms with van der Waals surface area (Å²) in [6.45, 7) is 4.86. The maximum atomic E-state index is 5.37. The Balaban J connectivity index is 2.08. The molecule has 0 saturated carbocycles. The van der Waals surface area contributed by atoms with E-state index in [0.29, 0.717) is 12.7 Å². The molecule has 2 heteroatoms. The van der Waals surface area contributed by atoms with Gasteiger partial charge in [-0.15, -0.1) is 0 Å². The Morgan fingerprint density at radius 1 is 1.27 bits per heavy atom. The fourth-order valence-electron chi connectivity index (χ4n) is 1.90. The highest BCUT2D eigenvalue weighted by atomic mass is 16.7. The summed E-state index contributed by atoms with van der Waals surface area (Å²) < 4.78 is 10.7. The van der Waals surface area contributed by atoms with Crippen LogP contribution in [0.2, 0.25) is 0 Å². The first kappa shape index (κ1) is 10.3. The van der Waals surface area contributed by atoms with Crippen molar-refractivity contribution < 1.29 is 9.47 Å². The van der Waals surface area contributed by atoms with Crippen molar-refractivity contribution in [3.63, 3.8) is 0 Å². The van der Waals surface area contributed by atoms with Gasteiger partial charge in [-0.1, -0.05) is 32.8 Å². The normalized spacial score (nSPS) is 15.3. The molecule has 2 rings (SSSR count). The summed E-state index contributed by atoms with van der Waals surface area (Å²) in [6, 6.07) is 6.27. The first-order valence-corrected chi connectivity index (χ1v) is 5.71. The van der Waals surface area contributed by atoms with E-state index in [-0.39, 0.29) is 0 Å². The minimum absolute atomic E-state index is 0.363. The summed E-state index contributed by atoms with van der Waals surface area (Å²) in [4.78, 5) is 0. The first-order valence-electron chi connectivity index (χ1n) is 5.71.